The van der Waals surface area contributed by atoms with E-state index in [4.69, 9.17) is 5.11 Å². The first kappa shape index (κ1) is 17.6. The van der Waals surface area contributed by atoms with E-state index in [1.54, 1.807) is 0 Å². The minimum absolute atomic E-state index is 0.137. The monoisotopic (exact) mass is 310 g/mol. The van der Waals surface area contributed by atoms with Gasteiger partial charge in [-0.1, -0.05) is 0 Å². The molecule has 2 N–H and O–H groups in total. The van der Waals surface area contributed by atoms with Crippen LogP contribution in [0, 0.1) is 5.82 Å². The average Bonchev–Trinajstić information content (AvgIpc) is 2.50. The van der Waals surface area contributed by atoms with Crippen molar-refractivity contribution in [1.82, 2.24) is 10.2 Å². The molecule has 0 radical (unpaired) electrons. The molecule has 1 rings (SSSR count). The fourth-order valence-corrected chi connectivity index (χ4v) is 1.70. The molecule has 0 aliphatic heterocycles. The molecule has 0 fully saturated rings. The van der Waals surface area contributed by atoms with Crippen LogP contribution < -0.4 is 5.32 Å². The molecule has 0 saturated carbocycles. The quantitative estimate of drug-likeness (QED) is 0.743. The first-order valence-corrected chi connectivity index (χ1v) is 6.85. The molecule has 1 aromatic carbocycles. The van der Waals surface area contributed by atoms with Crippen molar-refractivity contribution >= 4 is 17.8 Å². The summed E-state index contributed by atoms with van der Waals surface area (Å²) in [5, 5.41) is 11.4. The molecule has 120 valence electrons. The fourth-order valence-electron chi connectivity index (χ4n) is 1.70. The number of hydrogen-bond donors (Lipinski definition) is 2. The Morgan fingerprint density at radius 2 is 1.86 bits per heavy atom. The highest BCUT2D eigenvalue weighted by atomic mass is 19.1. The van der Waals surface area contributed by atoms with Gasteiger partial charge in [0.25, 0.3) is 5.91 Å². The lowest BCUT2D eigenvalue weighted by atomic mass is 10.2. The highest BCUT2D eigenvalue weighted by molar-refractivity contribution is 5.94. The van der Waals surface area contributed by atoms with Crippen molar-refractivity contribution in [3.8, 4) is 0 Å². The summed E-state index contributed by atoms with van der Waals surface area (Å²) in [4.78, 5) is 35.4. The van der Waals surface area contributed by atoms with E-state index in [1.165, 1.54) is 38.2 Å². The second-order valence-corrected chi connectivity index (χ2v) is 4.89. The van der Waals surface area contributed by atoms with Crippen molar-refractivity contribution in [3.63, 3.8) is 0 Å². The third-order valence-corrected chi connectivity index (χ3v) is 3.29. The maximum atomic E-state index is 12.7. The van der Waals surface area contributed by atoms with Crippen LogP contribution in [0.15, 0.2) is 24.3 Å². The van der Waals surface area contributed by atoms with Gasteiger partial charge in [0.05, 0.1) is 0 Å². The van der Waals surface area contributed by atoms with E-state index in [0.717, 1.165) is 4.90 Å². The molecule has 22 heavy (non-hydrogen) atoms. The van der Waals surface area contributed by atoms with Crippen LogP contribution in [0.4, 0.5) is 4.39 Å². The fraction of sp³-hybridized carbons (Fsp3) is 0.400. The van der Waals surface area contributed by atoms with Crippen LogP contribution in [0.1, 0.15) is 30.1 Å². The summed E-state index contributed by atoms with van der Waals surface area (Å²) in [5.41, 5.74) is 0.337. The third-order valence-electron chi connectivity index (χ3n) is 3.29. The molecule has 0 spiro atoms. The van der Waals surface area contributed by atoms with E-state index < -0.39 is 17.8 Å². The predicted molar refractivity (Wildman–Crippen MR) is 77.8 cm³/mol. The molecule has 2 amide bonds. The third kappa shape index (κ3) is 5.16. The van der Waals surface area contributed by atoms with Crippen molar-refractivity contribution < 1.29 is 23.9 Å². The molecule has 7 heteroatoms. The lowest BCUT2D eigenvalue weighted by Gasteiger charge is -2.21. The van der Waals surface area contributed by atoms with Crippen molar-refractivity contribution in [2.45, 2.75) is 25.8 Å². The number of carbonyl (C=O) groups excluding carboxylic acids is 2. The van der Waals surface area contributed by atoms with E-state index >= 15 is 0 Å². The van der Waals surface area contributed by atoms with Gasteiger partial charge in [0, 0.05) is 25.6 Å². The molecular weight excluding hydrogens is 291 g/mol. The summed E-state index contributed by atoms with van der Waals surface area (Å²) in [6, 6.07) is 4.25. The second-order valence-electron chi connectivity index (χ2n) is 4.89. The van der Waals surface area contributed by atoms with Crippen LogP contribution >= 0.6 is 0 Å². The summed E-state index contributed by atoms with van der Waals surface area (Å²) >= 11 is 0. The van der Waals surface area contributed by atoms with Crippen molar-refractivity contribution in [1.29, 1.82) is 0 Å². The van der Waals surface area contributed by atoms with Gasteiger partial charge in [-0.05, 0) is 37.6 Å². The minimum atomic E-state index is -1.07. The zero-order valence-electron chi connectivity index (χ0n) is 12.5. The second kappa shape index (κ2) is 8.11. The SMILES string of the molecule is CC(C(=O)O)N(C)C(=O)CCCNC(=O)c1ccc(F)cc1. The number of carboxylic acid groups (broad SMARTS) is 1. The Balaban J connectivity index is 2.33. The first-order chi connectivity index (χ1) is 10.3. The largest absolute Gasteiger partial charge is 0.480 e. The number of nitrogens with one attached hydrogen (secondary N) is 1. The number of aliphatic carboxylic acids is 1. The van der Waals surface area contributed by atoms with Crippen LogP contribution in [0.2, 0.25) is 0 Å². The normalized spacial score (nSPS) is 11.6. The van der Waals surface area contributed by atoms with Gasteiger partial charge in [-0.3, -0.25) is 9.59 Å². The number of rotatable bonds is 7. The Hall–Kier alpha value is -2.44. The topological polar surface area (TPSA) is 86.7 Å². The lowest BCUT2D eigenvalue weighted by molar-refractivity contribution is -0.148. The van der Waals surface area contributed by atoms with Crippen LogP contribution in [-0.2, 0) is 9.59 Å². The highest BCUT2D eigenvalue weighted by Gasteiger charge is 2.20. The minimum Gasteiger partial charge on any atom is -0.480 e. The summed E-state index contributed by atoms with van der Waals surface area (Å²) in [7, 11) is 1.43. The Morgan fingerprint density at radius 1 is 1.27 bits per heavy atom. The molecular formula is C15H19FN2O4. The van der Waals surface area contributed by atoms with Crippen LogP contribution in [0.5, 0.6) is 0 Å². The van der Waals surface area contributed by atoms with Gasteiger partial charge in [-0.2, -0.15) is 0 Å². The number of likely N-dealkylation sites (N-methyl/N-ethyl adjacent to an activating group) is 1. The molecule has 0 heterocycles. The predicted octanol–water partition coefficient (Wildman–Crippen LogP) is 1.27. The lowest BCUT2D eigenvalue weighted by Crippen LogP contribution is -2.40. The van der Waals surface area contributed by atoms with E-state index in [-0.39, 0.29) is 24.8 Å². The first-order valence-electron chi connectivity index (χ1n) is 6.85. The maximum Gasteiger partial charge on any atom is 0.326 e. The number of amides is 2. The summed E-state index contributed by atoms with van der Waals surface area (Å²) in [5.74, 6) is -2.14. The molecule has 0 aromatic heterocycles. The Kier molecular flexibility index (Phi) is 6.49. The van der Waals surface area contributed by atoms with Crippen LogP contribution in [0.3, 0.4) is 0 Å². The van der Waals surface area contributed by atoms with E-state index in [0.29, 0.717) is 12.0 Å². The molecule has 6 nitrogen and oxygen atoms in total. The zero-order chi connectivity index (χ0) is 16.7. The molecule has 0 aliphatic rings. The summed E-state index contributed by atoms with van der Waals surface area (Å²) in [6.07, 6.45) is 0.528. The number of hydrogen-bond acceptors (Lipinski definition) is 3. The highest BCUT2D eigenvalue weighted by Crippen LogP contribution is 2.04. The van der Waals surface area contributed by atoms with Gasteiger partial charge >= 0.3 is 5.97 Å². The molecule has 1 unspecified atom stereocenters. The standard InChI is InChI=1S/C15H19FN2O4/c1-10(15(21)22)18(2)13(19)4-3-9-17-14(20)11-5-7-12(16)8-6-11/h5-8,10H,3-4,9H2,1-2H3,(H,17,20)(H,21,22). The van der Waals surface area contributed by atoms with E-state index in [9.17, 15) is 18.8 Å². The smallest absolute Gasteiger partial charge is 0.326 e. The Morgan fingerprint density at radius 3 is 2.41 bits per heavy atom. The van der Waals surface area contributed by atoms with Crippen LogP contribution in [-0.4, -0.2) is 47.4 Å². The Bertz CT molecular complexity index is 545. The average molecular weight is 310 g/mol. The van der Waals surface area contributed by atoms with Gasteiger partial charge in [-0.25, -0.2) is 9.18 Å². The van der Waals surface area contributed by atoms with E-state index in [1.807, 2.05) is 0 Å². The number of nitrogens with zero attached hydrogens (tertiary/aromatic N) is 1. The van der Waals surface area contributed by atoms with Gasteiger partial charge in [0.1, 0.15) is 11.9 Å². The maximum absolute atomic E-state index is 12.7. The zero-order valence-corrected chi connectivity index (χ0v) is 12.5. The summed E-state index contributed by atoms with van der Waals surface area (Å²) < 4.78 is 12.7. The molecule has 0 saturated heterocycles. The number of halogens is 1. The van der Waals surface area contributed by atoms with Gasteiger partial charge in [0.15, 0.2) is 0 Å². The van der Waals surface area contributed by atoms with Gasteiger partial charge in [0.2, 0.25) is 5.91 Å². The van der Waals surface area contributed by atoms with Crippen molar-refractivity contribution in [2.75, 3.05) is 13.6 Å². The number of carbonyl (C=O) groups is 3. The summed E-state index contributed by atoms with van der Waals surface area (Å²) in [6.45, 7) is 1.70. The van der Waals surface area contributed by atoms with Crippen molar-refractivity contribution in [3.05, 3.63) is 35.6 Å². The number of benzene rings is 1. The Labute approximate surface area is 127 Å². The van der Waals surface area contributed by atoms with Gasteiger partial charge < -0.3 is 15.3 Å². The molecule has 1 atom stereocenters. The van der Waals surface area contributed by atoms with Crippen molar-refractivity contribution in [2.24, 2.45) is 0 Å². The van der Waals surface area contributed by atoms with E-state index in [2.05, 4.69) is 5.32 Å². The number of carboxylic acids is 1. The molecule has 1 aromatic rings. The van der Waals surface area contributed by atoms with Gasteiger partial charge in [-0.15, -0.1) is 0 Å². The molecule has 0 bridgehead atoms. The van der Waals surface area contributed by atoms with Crippen LogP contribution in [0.25, 0.3) is 0 Å². The molecule has 0 aliphatic carbocycles.